The van der Waals surface area contributed by atoms with E-state index in [1.54, 1.807) is 12.1 Å². The molecule has 6 nitrogen and oxygen atoms in total. The second kappa shape index (κ2) is 9.01. The fourth-order valence-corrected chi connectivity index (χ4v) is 4.02. The number of benzene rings is 1. The number of anilines is 1. The number of halogens is 1. The Hall–Kier alpha value is -2.38. The predicted molar refractivity (Wildman–Crippen MR) is 106 cm³/mol. The van der Waals surface area contributed by atoms with E-state index in [-0.39, 0.29) is 31.1 Å². The van der Waals surface area contributed by atoms with Crippen molar-refractivity contribution in [3.05, 3.63) is 51.2 Å². The molecule has 0 saturated carbocycles. The molecule has 0 bridgehead atoms. The molecular weight excluding hydrogens is 386 g/mol. The van der Waals surface area contributed by atoms with Crippen LogP contribution in [0.15, 0.2) is 36.4 Å². The number of carbonyl (C=O) groups excluding carboxylic acids is 3. The first kappa shape index (κ1) is 19.4. The van der Waals surface area contributed by atoms with Crippen LogP contribution >= 0.6 is 22.9 Å². The third-order valence-corrected chi connectivity index (χ3v) is 5.58. The Kier molecular flexibility index (Phi) is 6.47. The lowest BCUT2D eigenvalue weighted by Gasteiger charge is -2.30. The third-order valence-electron chi connectivity index (χ3n) is 4.31. The molecule has 0 spiro atoms. The van der Waals surface area contributed by atoms with Crippen molar-refractivity contribution < 1.29 is 14.4 Å². The monoisotopic (exact) mass is 405 g/mol. The molecule has 27 heavy (non-hydrogen) atoms. The Labute approximate surface area is 166 Å². The molecule has 142 valence electrons. The number of fused-ring (bicyclic) bond motifs is 1. The fraction of sp³-hybridized carbons (Fsp3) is 0.316. The number of nitrogens with one attached hydrogen (secondary N) is 2. The molecule has 2 N–H and O–H groups in total. The van der Waals surface area contributed by atoms with E-state index in [9.17, 15) is 14.4 Å². The summed E-state index contributed by atoms with van der Waals surface area (Å²) in [7, 11) is 0. The number of Topliss-reactive ketones (excluding diaryl/α,β-unsaturated/α-hetero) is 1. The van der Waals surface area contributed by atoms with Crippen molar-refractivity contribution in [2.75, 3.05) is 18.0 Å². The van der Waals surface area contributed by atoms with E-state index in [1.807, 2.05) is 23.1 Å². The Bertz CT molecular complexity index is 852. The van der Waals surface area contributed by atoms with Gasteiger partial charge in [0.25, 0.3) is 5.91 Å². The first-order valence-electron chi connectivity index (χ1n) is 8.72. The second-order valence-corrected chi connectivity index (χ2v) is 7.99. The molecule has 0 fully saturated rings. The summed E-state index contributed by atoms with van der Waals surface area (Å²) in [6, 6.07) is 11.3. The van der Waals surface area contributed by atoms with Crippen LogP contribution in [0.5, 0.6) is 0 Å². The summed E-state index contributed by atoms with van der Waals surface area (Å²) in [6.45, 7) is 0.972. The van der Waals surface area contributed by atoms with Gasteiger partial charge in [0.2, 0.25) is 5.91 Å². The second-order valence-electron chi connectivity index (χ2n) is 6.28. The van der Waals surface area contributed by atoms with Crippen molar-refractivity contribution in [3.8, 4) is 0 Å². The van der Waals surface area contributed by atoms with Crippen molar-refractivity contribution in [2.24, 2.45) is 0 Å². The first-order chi connectivity index (χ1) is 13.0. The quantitative estimate of drug-likeness (QED) is 0.572. The summed E-state index contributed by atoms with van der Waals surface area (Å²) in [5.41, 5.74) is 7.08. The lowest BCUT2D eigenvalue weighted by molar-refractivity contribution is -0.128. The van der Waals surface area contributed by atoms with Crippen LogP contribution in [0.3, 0.4) is 0 Å². The number of aryl methyl sites for hydroxylation is 1. The maximum Gasteiger partial charge on any atom is 0.257 e. The Morgan fingerprint density at radius 2 is 1.81 bits per heavy atom. The van der Waals surface area contributed by atoms with Crippen LogP contribution in [0.25, 0.3) is 0 Å². The third kappa shape index (κ3) is 5.30. The molecule has 0 saturated heterocycles. The highest BCUT2D eigenvalue weighted by Crippen LogP contribution is 2.26. The number of amides is 2. The molecule has 0 unspecified atom stereocenters. The number of rotatable bonds is 6. The van der Waals surface area contributed by atoms with Crippen LogP contribution in [-0.2, 0) is 16.0 Å². The lowest BCUT2D eigenvalue weighted by Crippen LogP contribution is -2.47. The zero-order valence-electron chi connectivity index (χ0n) is 14.7. The van der Waals surface area contributed by atoms with Gasteiger partial charge < -0.3 is 4.90 Å². The molecule has 2 amide bonds. The van der Waals surface area contributed by atoms with E-state index in [2.05, 4.69) is 16.9 Å². The van der Waals surface area contributed by atoms with Gasteiger partial charge in [0, 0.05) is 25.1 Å². The van der Waals surface area contributed by atoms with Gasteiger partial charge in [-0.25, -0.2) is 0 Å². The predicted octanol–water partition coefficient (Wildman–Crippen LogP) is 2.96. The molecule has 1 aromatic carbocycles. The first-order valence-corrected chi connectivity index (χ1v) is 9.91. The molecular formula is C19H20ClN3O3S. The molecule has 1 aliphatic heterocycles. The molecule has 2 aromatic rings. The van der Waals surface area contributed by atoms with Crippen molar-refractivity contribution in [3.63, 3.8) is 0 Å². The van der Waals surface area contributed by atoms with Gasteiger partial charge in [0.15, 0.2) is 5.78 Å². The summed E-state index contributed by atoms with van der Waals surface area (Å²) in [4.78, 5) is 38.5. The van der Waals surface area contributed by atoms with Gasteiger partial charge in [0.05, 0.1) is 15.8 Å². The fourth-order valence-electron chi connectivity index (χ4n) is 3.00. The van der Waals surface area contributed by atoms with E-state index in [0.717, 1.165) is 25.1 Å². The van der Waals surface area contributed by atoms with Crippen molar-refractivity contribution in [1.82, 2.24) is 10.9 Å². The number of hydrogen-bond donors (Lipinski definition) is 2. The maximum absolute atomic E-state index is 12.1. The highest BCUT2D eigenvalue weighted by Gasteiger charge is 2.19. The van der Waals surface area contributed by atoms with Gasteiger partial charge in [-0.1, -0.05) is 29.8 Å². The SMILES string of the molecule is O=C(CCC(=O)c1ccc(Cl)s1)NNC(=O)CN1CCCc2ccccc21. The van der Waals surface area contributed by atoms with E-state index >= 15 is 0 Å². The summed E-state index contributed by atoms with van der Waals surface area (Å²) < 4.78 is 0.536. The molecule has 0 aliphatic carbocycles. The van der Waals surface area contributed by atoms with Crippen LogP contribution < -0.4 is 15.8 Å². The van der Waals surface area contributed by atoms with Gasteiger partial charge in [-0.3, -0.25) is 25.2 Å². The Morgan fingerprint density at radius 1 is 1.04 bits per heavy atom. The van der Waals surface area contributed by atoms with E-state index in [1.165, 1.54) is 16.9 Å². The van der Waals surface area contributed by atoms with Crippen LogP contribution in [0.4, 0.5) is 5.69 Å². The van der Waals surface area contributed by atoms with Gasteiger partial charge in [-0.2, -0.15) is 0 Å². The maximum atomic E-state index is 12.1. The summed E-state index contributed by atoms with van der Waals surface area (Å²) >= 11 is 6.99. The van der Waals surface area contributed by atoms with Crippen molar-refractivity contribution in [1.29, 1.82) is 0 Å². The van der Waals surface area contributed by atoms with Crippen LogP contribution in [0, 0.1) is 0 Å². The van der Waals surface area contributed by atoms with E-state index in [4.69, 9.17) is 11.6 Å². The number of ketones is 1. The number of hydrazine groups is 1. The number of hydrogen-bond acceptors (Lipinski definition) is 5. The number of carbonyl (C=O) groups is 3. The Morgan fingerprint density at radius 3 is 2.59 bits per heavy atom. The minimum absolute atomic E-state index is 0.00117. The average molecular weight is 406 g/mol. The summed E-state index contributed by atoms with van der Waals surface area (Å²) in [5.74, 6) is -0.840. The molecule has 2 heterocycles. The minimum Gasteiger partial charge on any atom is -0.362 e. The van der Waals surface area contributed by atoms with Crippen LogP contribution in [-0.4, -0.2) is 30.7 Å². The molecule has 0 atom stereocenters. The van der Waals surface area contributed by atoms with Crippen molar-refractivity contribution >= 4 is 46.2 Å². The van der Waals surface area contributed by atoms with Crippen LogP contribution in [0.1, 0.15) is 34.5 Å². The Balaban J connectivity index is 1.41. The molecule has 0 radical (unpaired) electrons. The zero-order chi connectivity index (χ0) is 19.2. The zero-order valence-corrected chi connectivity index (χ0v) is 16.2. The highest BCUT2D eigenvalue weighted by atomic mass is 35.5. The normalized spacial score (nSPS) is 13.0. The molecule has 8 heteroatoms. The number of nitrogens with zero attached hydrogens (tertiary/aromatic N) is 1. The highest BCUT2D eigenvalue weighted by molar-refractivity contribution is 7.18. The van der Waals surface area contributed by atoms with Crippen LogP contribution in [0.2, 0.25) is 4.34 Å². The molecule has 1 aromatic heterocycles. The number of thiophene rings is 1. The topological polar surface area (TPSA) is 78.5 Å². The van der Waals surface area contributed by atoms with Gasteiger partial charge >= 0.3 is 0 Å². The average Bonchev–Trinajstić information content (AvgIpc) is 3.11. The number of para-hydroxylation sites is 1. The smallest absolute Gasteiger partial charge is 0.257 e. The van der Waals surface area contributed by atoms with Crippen molar-refractivity contribution in [2.45, 2.75) is 25.7 Å². The standard InChI is InChI=1S/C19H20ClN3O3S/c20-17-9-8-16(27-17)15(24)7-10-18(25)21-22-19(26)12-23-11-3-5-13-4-1-2-6-14(13)23/h1-2,4,6,8-9H,3,5,7,10-12H2,(H,21,25)(H,22,26). The largest absolute Gasteiger partial charge is 0.362 e. The molecule has 3 rings (SSSR count). The lowest BCUT2D eigenvalue weighted by atomic mass is 10.0. The summed E-state index contributed by atoms with van der Waals surface area (Å²) in [6.07, 6.45) is 2.07. The van der Waals surface area contributed by atoms with E-state index < -0.39 is 5.91 Å². The van der Waals surface area contributed by atoms with Gasteiger partial charge in [0.1, 0.15) is 0 Å². The summed E-state index contributed by atoms with van der Waals surface area (Å²) in [5, 5.41) is 0. The molecule has 1 aliphatic rings. The minimum atomic E-state index is -0.404. The van der Waals surface area contributed by atoms with Gasteiger partial charge in [-0.15, -0.1) is 11.3 Å². The van der Waals surface area contributed by atoms with Gasteiger partial charge in [-0.05, 0) is 36.6 Å². The van der Waals surface area contributed by atoms with E-state index in [0.29, 0.717) is 9.21 Å².